The van der Waals surface area contributed by atoms with Crippen LogP contribution in [0.4, 0.5) is 5.69 Å². The minimum Gasteiger partial charge on any atom is -0.268 e. The topological polar surface area (TPSA) is 71.7 Å². The van der Waals surface area contributed by atoms with Gasteiger partial charge in [0.15, 0.2) is 0 Å². The van der Waals surface area contributed by atoms with E-state index < -0.39 is 11.8 Å². The summed E-state index contributed by atoms with van der Waals surface area (Å²) in [7, 11) is 0. The van der Waals surface area contributed by atoms with Crippen LogP contribution in [0.15, 0.2) is 77.6 Å². The van der Waals surface area contributed by atoms with E-state index in [0.29, 0.717) is 60.1 Å². The fraction of sp³-hybridized carbons (Fsp3) is 0. The number of benzene rings is 4. The van der Waals surface area contributed by atoms with Gasteiger partial charge < -0.3 is 0 Å². The van der Waals surface area contributed by atoms with Gasteiger partial charge in [-0.3, -0.25) is 18.8 Å². The third-order valence-electron chi connectivity index (χ3n) is 6.36. The molecule has 0 fully saturated rings. The number of carbonyl (C=O) groups is 2. The molecule has 7 heteroatoms. The Morgan fingerprint density at radius 1 is 0.697 bits per heavy atom. The molecule has 1 aliphatic heterocycles. The van der Waals surface area contributed by atoms with Gasteiger partial charge in [-0.2, -0.15) is 0 Å². The Labute approximate surface area is 190 Å². The largest absolute Gasteiger partial charge is 0.268 e. The van der Waals surface area contributed by atoms with Gasteiger partial charge in [0.2, 0.25) is 0 Å². The molecule has 2 amide bonds. The molecule has 2 aromatic heterocycles. The second-order valence-electron chi connectivity index (χ2n) is 8.03. The van der Waals surface area contributed by atoms with Crippen molar-refractivity contribution < 1.29 is 9.59 Å². The molecule has 3 heterocycles. The van der Waals surface area contributed by atoms with Gasteiger partial charge in [-0.1, -0.05) is 35.9 Å². The van der Waals surface area contributed by atoms with E-state index >= 15 is 0 Å². The van der Waals surface area contributed by atoms with Crippen molar-refractivity contribution in [1.82, 2.24) is 9.38 Å². The van der Waals surface area contributed by atoms with Gasteiger partial charge in [0.05, 0.1) is 21.7 Å². The number of para-hydroxylation sites is 3. The van der Waals surface area contributed by atoms with Crippen LogP contribution in [0.5, 0.6) is 0 Å². The van der Waals surface area contributed by atoms with Crippen molar-refractivity contribution in [2.75, 3.05) is 4.90 Å². The number of amides is 2. The van der Waals surface area contributed by atoms with E-state index in [1.54, 1.807) is 52.9 Å². The maximum Gasteiger partial charge on any atom is 0.266 e. The van der Waals surface area contributed by atoms with Crippen LogP contribution in [0.3, 0.4) is 0 Å². The van der Waals surface area contributed by atoms with E-state index in [-0.39, 0.29) is 5.56 Å². The molecule has 1 aliphatic rings. The van der Waals surface area contributed by atoms with Gasteiger partial charge in [-0.25, -0.2) is 9.88 Å². The number of imide groups is 1. The summed E-state index contributed by atoms with van der Waals surface area (Å²) >= 11 is 6.31. The molecule has 0 saturated heterocycles. The highest BCUT2D eigenvalue weighted by Crippen LogP contribution is 2.39. The Bertz CT molecular complexity index is 1890. The smallest absolute Gasteiger partial charge is 0.266 e. The van der Waals surface area contributed by atoms with Gasteiger partial charge >= 0.3 is 0 Å². The lowest BCUT2D eigenvalue weighted by Crippen LogP contribution is -2.40. The molecular formula is C26H12ClN3O3. The highest BCUT2D eigenvalue weighted by atomic mass is 35.5. The number of hydrogen-bond acceptors (Lipinski definition) is 4. The van der Waals surface area contributed by atoms with E-state index in [0.717, 1.165) is 4.90 Å². The summed E-state index contributed by atoms with van der Waals surface area (Å²) in [6, 6.07) is 20.9. The van der Waals surface area contributed by atoms with Crippen LogP contribution >= 0.6 is 11.6 Å². The monoisotopic (exact) mass is 449 g/mol. The van der Waals surface area contributed by atoms with Crippen molar-refractivity contribution in [1.29, 1.82) is 0 Å². The second-order valence-corrected chi connectivity index (χ2v) is 8.44. The first-order valence-corrected chi connectivity index (χ1v) is 10.7. The zero-order valence-corrected chi connectivity index (χ0v) is 17.6. The van der Waals surface area contributed by atoms with Gasteiger partial charge in [-0.15, -0.1) is 0 Å². The van der Waals surface area contributed by atoms with Gasteiger partial charge in [0, 0.05) is 32.7 Å². The number of nitrogens with zero attached hydrogens (tertiary/aromatic N) is 3. The van der Waals surface area contributed by atoms with Crippen molar-refractivity contribution >= 4 is 67.3 Å². The van der Waals surface area contributed by atoms with Crippen LogP contribution in [0.25, 0.3) is 38.2 Å². The minimum absolute atomic E-state index is 0.233. The number of carbonyl (C=O) groups excluding carboxylic acids is 2. The van der Waals surface area contributed by atoms with E-state index in [4.69, 9.17) is 11.6 Å². The lowest BCUT2D eigenvalue weighted by molar-refractivity contribution is 0.0893. The van der Waals surface area contributed by atoms with Crippen LogP contribution in [-0.4, -0.2) is 21.2 Å². The van der Waals surface area contributed by atoms with E-state index in [9.17, 15) is 14.4 Å². The fourth-order valence-electron chi connectivity index (χ4n) is 4.93. The summed E-state index contributed by atoms with van der Waals surface area (Å²) in [5.74, 6) is -0.952. The molecule has 0 spiro atoms. The lowest BCUT2D eigenvalue weighted by atomic mass is 9.90. The molecule has 33 heavy (non-hydrogen) atoms. The molecule has 0 atom stereocenters. The summed E-state index contributed by atoms with van der Waals surface area (Å²) in [4.78, 5) is 46.3. The molecule has 0 bridgehead atoms. The van der Waals surface area contributed by atoms with Crippen LogP contribution in [0, 0.1) is 0 Å². The highest BCUT2D eigenvalue weighted by molar-refractivity contribution is 6.41. The Morgan fingerprint density at radius 3 is 2.12 bits per heavy atom. The Morgan fingerprint density at radius 2 is 1.36 bits per heavy atom. The predicted octanol–water partition coefficient (Wildman–Crippen LogP) is 5.05. The molecule has 0 N–H and O–H groups in total. The maximum absolute atomic E-state index is 13.5. The molecule has 7 rings (SSSR count). The number of imidazole rings is 1. The van der Waals surface area contributed by atoms with E-state index in [1.165, 1.54) is 0 Å². The molecule has 156 valence electrons. The fourth-order valence-corrected chi connectivity index (χ4v) is 5.15. The lowest BCUT2D eigenvalue weighted by Gasteiger charge is -2.28. The average molecular weight is 450 g/mol. The van der Waals surface area contributed by atoms with Crippen LogP contribution in [-0.2, 0) is 0 Å². The van der Waals surface area contributed by atoms with E-state index in [1.807, 2.05) is 24.3 Å². The van der Waals surface area contributed by atoms with Crippen molar-refractivity contribution in [3.8, 4) is 0 Å². The predicted molar refractivity (Wildman–Crippen MR) is 128 cm³/mol. The normalized spacial score (nSPS) is 13.8. The first-order valence-electron chi connectivity index (χ1n) is 10.3. The number of aromatic nitrogens is 2. The quantitative estimate of drug-likeness (QED) is 0.329. The van der Waals surface area contributed by atoms with Gasteiger partial charge in [0.1, 0.15) is 5.65 Å². The first kappa shape index (κ1) is 18.3. The zero-order valence-electron chi connectivity index (χ0n) is 16.9. The maximum atomic E-state index is 13.5. The summed E-state index contributed by atoms with van der Waals surface area (Å²) in [5.41, 5.74) is 2.72. The van der Waals surface area contributed by atoms with E-state index in [2.05, 4.69) is 4.98 Å². The number of hydrogen-bond donors (Lipinski definition) is 0. The van der Waals surface area contributed by atoms with Crippen molar-refractivity contribution in [2.24, 2.45) is 0 Å². The number of fused-ring (bicyclic) bond motifs is 4. The summed E-state index contributed by atoms with van der Waals surface area (Å²) in [5, 5.41) is 2.52. The minimum atomic E-state index is -0.476. The number of anilines is 1. The SMILES string of the molecule is O=C1c2ccc3c(=O)n4c5ccccc5nc4c4ccc(c2c34)C(=O)N1c1ccccc1Cl. The molecule has 0 aliphatic carbocycles. The molecular weight excluding hydrogens is 438 g/mol. The molecule has 6 aromatic rings. The molecule has 0 saturated carbocycles. The van der Waals surface area contributed by atoms with Crippen molar-refractivity contribution in [3.63, 3.8) is 0 Å². The Balaban J connectivity index is 1.63. The average Bonchev–Trinajstić information content (AvgIpc) is 3.22. The van der Waals surface area contributed by atoms with Gasteiger partial charge in [-0.05, 0) is 48.5 Å². The highest BCUT2D eigenvalue weighted by Gasteiger charge is 2.36. The second kappa shape index (κ2) is 6.15. The molecule has 0 radical (unpaired) electrons. The standard InChI is InChI=1S/C26H12ClN3O3/c27-17-5-1-3-7-19(17)30-25(32)15-10-9-13-21-14(11-12-16(22(15)21)26(30)33)24(31)29-20-8-4-2-6-18(20)28-23(13)29/h1-12H. The van der Waals surface area contributed by atoms with Crippen molar-refractivity contribution in [2.45, 2.75) is 0 Å². The third kappa shape index (κ3) is 2.18. The van der Waals surface area contributed by atoms with Gasteiger partial charge in [0.25, 0.3) is 17.4 Å². The Kier molecular flexibility index (Phi) is 3.41. The van der Waals surface area contributed by atoms with Crippen LogP contribution < -0.4 is 10.5 Å². The molecule has 0 unspecified atom stereocenters. The zero-order chi connectivity index (χ0) is 22.4. The Hall–Kier alpha value is -4.29. The van der Waals surface area contributed by atoms with Crippen molar-refractivity contribution in [3.05, 3.63) is 99.3 Å². The molecule has 4 aromatic carbocycles. The first-order chi connectivity index (χ1) is 16.1. The summed E-state index contributed by atoms with van der Waals surface area (Å²) in [6.07, 6.45) is 0. The van der Waals surface area contributed by atoms with Crippen LogP contribution in [0.2, 0.25) is 5.02 Å². The third-order valence-corrected chi connectivity index (χ3v) is 6.68. The molecule has 6 nitrogen and oxygen atoms in total. The summed E-state index contributed by atoms with van der Waals surface area (Å²) in [6.45, 7) is 0. The number of rotatable bonds is 1. The summed E-state index contributed by atoms with van der Waals surface area (Å²) < 4.78 is 1.59. The van der Waals surface area contributed by atoms with Crippen LogP contribution in [0.1, 0.15) is 20.7 Å². The number of pyridine rings is 1. The number of halogens is 1.